The molecule has 0 saturated heterocycles. The van der Waals surface area contributed by atoms with Crippen molar-refractivity contribution in [2.45, 2.75) is 26.4 Å². The molecule has 0 aliphatic carbocycles. The summed E-state index contributed by atoms with van der Waals surface area (Å²) in [5.41, 5.74) is 0. The lowest BCUT2D eigenvalue weighted by atomic mass is 10.4. The maximum atomic E-state index is 11.3. The van der Waals surface area contributed by atoms with Gasteiger partial charge in [0.05, 0.1) is 12.7 Å². The number of hydrogen-bond acceptors (Lipinski definition) is 5. The van der Waals surface area contributed by atoms with Crippen LogP contribution in [0.25, 0.3) is 0 Å². The summed E-state index contributed by atoms with van der Waals surface area (Å²) in [6, 6.07) is -0.201. The molecular weight excluding hydrogens is 264 g/mol. The number of urea groups is 1. The van der Waals surface area contributed by atoms with Crippen LogP contribution in [0.2, 0.25) is 0 Å². The molecule has 0 bridgehead atoms. The third-order valence-electron chi connectivity index (χ3n) is 2.15. The molecule has 114 valence electrons. The van der Waals surface area contributed by atoms with E-state index in [4.69, 9.17) is 9.47 Å². The summed E-state index contributed by atoms with van der Waals surface area (Å²) in [6.07, 6.45) is 2.33. The van der Waals surface area contributed by atoms with E-state index in [9.17, 15) is 14.4 Å². The van der Waals surface area contributed by atoms with Crippen molar-refractivity contribution in [3.63, 3.8) is 0 Å². The second-order valence-corrected chi connectivity index (χ2v) is 4.32. The van der Waals surface area contributed by atoms with Crippen LogP contribution in [-0.2, 0) is 19.1 Å². The van der Waals surface area contributed by atoms with Crippen LogP contribution in [0.4, 0.5) is 4.79 Å². The van der Waals surface area contributed by atoms with Gasteiger partial charge in [-0.1, -0.05) is 0 Å². The summed E-state index contributed by atoms with van der Waals surface area (Å²) >= 11 is 0. The van der Waals surface area contributed by atoms with E-state index in [0.717, 1.165) is 12.2 Å². The highest BCUT2D eigenvalue weighted by Crippen LogP contribution is 1.93. The molecule has 20 heavy (non-hydrogen) atoms. The van der Waals surface area contributed by atoms with Gasteiger partial charge in [-0.25, -0.2) is 14.4 Å². The Bertz CT molecular complexity index is 366. The number of esters is 2. The molecular formula is C13H22N2O5. The number of nitrogens with zero attached hydrogens (tertiary/aromatic N) is 1. The normalized spacial score (nSPS) is 10.4. The molecule has 0 fully saturated rings. The van der Waals surface area contributed by atoms with Gasteiger partial charge in [-0.05, 0) is 20.3 Å². The molecule has 2 amide bonds. The van der Waals surface area contributed by atoms with Gasteiger partial charge in [0.1, 0.15) is 0 Å². The molecule has 7 heteroatoms. The Morgan fingerprint density at radius 1 is 1.20 bits per heavy atom. The lowest BCUT2D eigenvalue weighted by Gasteiger charge is -2.15. The summed E-state index contributed by atoms with van der Waals surface area (Å²) < 4.78 is 9.68. The predicted octanol–water partition coefficient (Wildman–Crippen LogP) is 0.699. The average Bonchev–Trinajstić information content (AvgIpc) is 2.39. The first-order valence-corrected chi connectivity index (χ1v) is 6.35. The molecule has 0 aromatic rings. The third kappa shape index (κ3) is 8.96. The van der Waals surface area contributed by atoms with Crippen LogP contribution in [0.3, 0.4) is 0 Å². The summed E-state index contributed by atoms with van der Waals surface area (Å²) in [5, 5.41) is 2.48. The Balaban J connectivity index is 3.81. The van der Waals surface area contributed by atoms with Crippen molar-refractivity contribution in [2.24, 2.45) is 0 Å². The van der Waals surface area contributed by atoms with Crippen molar-refractivity contribution >= 4 is 18.0 Å². The average molecular weight is 286 g/mol. The largest absolute Gasteiger partial charge is 0.462 e. The van der Waals surface area contributed by atoms with Gasteiger partial charge >= 0.3 is 18.0 Å². The molecule has 1 N–H and O–H groups in total. The van der Waals surface area contributed by atoms with E-state index in [-0.39, 0.29) is 18.7 Å². The Morgan fingerprint density at radius 3 is 2.35 bits per heavy atom. The first-order valence-electron chi connectivity index (χ1n) is 6.35. The summed E-state index contributed by atoms with van der Waals surface area (Å²) in [6.45, 7) is 4.07. The number of carbonyl (C=O) groups excluding carboxylic acids is 3. The van der Waals surface area contributed by atoms with E-state index in [1.54, 1.807) is 27.9 Å². The number of hydrogen-bond donors (Lipinski definition) is 1. The van der Waals surface area contributed by atoms with Gasteiger partial charge in [-0.15, -0.1) is 0 Å². The zero-order chi connectivity index (χ0) is 15.5. The van der Waals surface area contributed by atoms with Crippen molar-refractivity contribution in [1.29, 1.82) is 0 Å². The second-order valence-electron chi connectivity index (χ2n) is 4.32. The fourth-order valence-electron chi connectivity index (χ4n) is 1.22. The Morgan fingerprint density at radius 2 is 1.80 bits per heavy atom. The predicted molar refractivity (Wildman–Crippen MR) is 73.0 cm³/mol. The van der Waals surface area contributed by atoms with E-state index >= 15 is 0 Å². The van der Waals surface area contributed by atoms with Crippen LogP contribution in [0.15, 0.2) is 12.2 Å². The Hall–Kier alpha value is -2.05. The number of rotatable bonds is 7. The summed E-state index contributed by atoms with van der Waals surface area (Å²) in [4.78, 5) is 35.0. The SMILES string of the molecule is CNC(=O)N(C)CCCOC(=O)/C=C/C(=O)OC(C)C. The standard InChI is InChI=1S/C13H22N2O5/c1-10(2)20-12(17)7-6-11(16)19-9-5-8-15(4)13(18)14-3/h6-7,10H,5,8-9H2,1-4H3,(H,14,18)/b7-6+. The van der Waals surface area contributed by atoms with Crippen molar-refractivity contribution in [3.8, 4) is 0 Å². The second kappa shape index (κ2) is 9.82. The van der Waals surface area contributed by atoms with Gasteiger partial charge in [-0.2, -0.15) is 0 Å². The molecule has 0 aliphatic heterocycles. The Labute approximate surface area is 118 Å². The molecule has 0 rings (SSSR count). The van der Waals surface area contributed by atoms with Crippen LogP contribution >= 0.6 is 0 Å². The molecule has 0 heterocycles. The van der Waals surface area contributed by atoms with Crippen LogP contribution in [-0.4, -0.2) is 56.2 Å². The fourth-order valence-corrected chi connectivity index (χ4v) is 1.22. The minimum Gasteiger partial charge on any atom is -0.462 e. The zero-order valence-electron chi connectivity index (χ0n) is 12.3. The minimum absolute atomic E-state index is 0.170. The zero-order valence-corrected chi connectivity index (χ0v) is 12.3. The fraction of sp³-hybridized carbons (Fsp3) is 0.615. The molecule has 0 saturated carbocycles. The molecule has 0 spiro atoms. The first kappa shape index (κ1) is 17.9. The monoisotopic (exact) mass is 286 g/mol. The molecule has 7 nitrogen and oxygen atoms in total. The highest BCUT2D eigenvalue weighted by molar-refractivity contribution is 5.91. The van der Waals surface area contributed by atoms with Gasteiger partial charge < -0.3 is 19.7 Å². The van der Waals surface area contributed by atoms with Crippen LogP contribution < -0.4 is 5.32 Å². The molecule has 0 unspecified atom stereocenters. The topological polar surface area (TPSA) is 84.9 Å². The molecule has 0 radical (unpaired) electrons. The summed E-state index contributed by atoms with van der Waals surface area (Å²) in [7, 11) is 3.18. The van der Waals surface area contributed by atoms with Crippen LogP contribution in [0, 0.1) is 0 Å². The number of carbonyl (C=O) groups is 3. The number of nitrogens with one attached hydrogen (secondary N) is 1. The quantitative estimate of drug-likeness (QED) is 0.423. The molecule has 0 aromatic heterocycles. The number of ether oxygens (including phenoxy) is 2. The third-order valence-corrected chi connectivity index (χ3v) is 2.15. The van der Waals surface area contributed by atoms with Crippen LogP contribution in [0.5, 0.6) is 0 Å². The molecule has 0 atom stereocenters. The first-order chi connectivity index (χ1) is 9.36. The van der Waals surface area contributed by atoms with E-state index in [1.807, 2.05) is 0 Å². The van der Waals surface area contributed by atoms with Crippen molar-refractivity contribution in [2.75, 3.05) is 27.2 Å². The van der Waals surface area contributed by atoms with Gasteiger partial charge in [0.25, 0.3) is 0 Å². The van der Waals surface area contributed by atoms with Crippen molar-refractivity contribution in [1.82, 2.24) is 10.2 Å². The maximum absolute atomic E-state index is 11.3. The van der Waals surface area contributed by atoms with E-state index in [0.29, 0.717) is 13.0 Å². The highest BCUT2D eigenvalue weighted by atomic mass is 16.5. The molecule has 0 aliphatic rings. The lowest BCUT2D eigenvalue weighted by Crippen LogP contribution is -2.35. The van der Waals surface area contributed by atoms with E-state index in [1.165, 1.54) is 4.90 Å². The smallest absolute Gasteiger partial charge is 0.331 e. The maximum Gasteiger partial charge on any atom is 0.331 e. The van der Waals surface area contributed by atoms with Gasteiger partial charge in [0.2, 0.25) is 0 Å². The summed E-state index contributed by atoms with van der Waals surface area (Å²) in [5.74, 6) is -1.20. The van der Waals surface area contributed by atoms with E-state index < -0.39 is 11.9 Å². The number of amides is 2. The van der Waals surface area contributed by atoms with Gasteiger partial charge in [0, 0.05) is 32.8 Å². The lowest BCUT2D eigenvalue weighted by molar-refractivity contribution is -0.142. The Kier molecular flexibility index (Phi) is 8.82. The minimum atomic E-state index is -0.617. The van der Waals surface area contributed by atoms with Crippen molar-refractivity contribution in [3.05, 3.63) is 12.2 Å². The highest BCUT2D eigenvalue weighted by Gasteiger charge is 2.06. The molecule has 0 aromatic carbocycles. The van der Waals surface area contributed by atoms with Gasteiger partial charge in [0.15, 0.2) is 0 Å². The van der Waals surface area contributed by atoms with Gasteiger partial charge in [-0.3, -0.25) is 0 Å². The van der Waals surface area contributed by atoms with Crippen LogP contribution in [0.1, 0.15) is 20.3 Å². The van der Waals surface area contributed by atoms with Crippen molar-refractivity contribution < 1.29 is 23.9 Å². The van der Waals surface area contributed by atoms with E-state index in [2.05, 4.69) is 5.32 Å².